The van der Waals surface area contributed by atoms with Crippen LogP contribution < -0.4 is 5.32 Å². The van der Waals surface area contributed by atoms with Crippen LogP contribution in [0.2, 0.25) is 0 Å². The first kappa shape index (κ1) is 25.5. The molecule has 0 fully saturated rings. The van der Waals surface area contributed by atoms with Gasteiger partial charge in [-0.2, -0.15) is 0 Å². The van der Waals surface area contributed by atoms with Gasteiger partial charge in [0, 0.05) is 41.9 Å². The van der Waals surface area contributed by atoms with E-state index in [0.29, 0.717) is 0 Å². The van der Waals surface area contributed by atoms with E-state index in [2.05, 4.69) is 143 Å². The Bertz CT molecular complexity index is 2480. The van der Waals surface area contributed by atoms with Crippen molar-refractivity contribution in [1.29, 1.82) is 0 Å². The summed E-state index contributed by atoms with van der Waals surface area (Å²) in [5.41, 5.74) is 10.3. The molecular formula is C41H28N2S2. The third-order valence-electron chi connectivity index (χ3n) is 9.51. The average Bonchev–Trinajstić information content (AvgIpc) is 3.79. The van der Waals surface area contributed by atoms with Gasteiger partial charge < -0.3 is 9.88 Å². The Balaban J connectivity index is 1.01. The molecule has 2 nitrogen and oxygen atoms in total. The van der Waals surface area contributed by atoms with Crippen molar-refractivity contribution in [3.63, 3.8) is 0 Å². The molecular weight excluding hydrogens is 585 g/mol. The number of aromatic nitrogens is 1. The molecule has 0 amide bonds. The van der Waals surface area contributed by atoms with Crippen LogP contribution in [0, 0.1) is 0 Å². The molecule has 1 aliphatic heterocycles. The van der Waals surface area contributed by atoms with Crippen molar-refractivity contribution in [3.8, 4) is 16.8 Å². The van der Waals surface area contributed by atoms with Crippen molar-refractivity contribution in [2.24, 2.45) is 0 Å². The van der Waals surface area contributed by atoms with Gasteiger partial charge in [0.1, 0.15) is 5.37 Å². The Morgan fingerprint density at radius 1 is 0.600 bits per heavy atom. The standard InChI is InChI=1S/C41H28N2S2/c1-2-8-25(9-3-1)29-16-19-36-33(23-29)39-37(44-36)20-21-38-40(39)42-41(45-38)26-14-17-30(18-15-26)43-34-13-7-6-12-31(34)32-22-27-10-4-5-11-28(27)24-35(32)43/h1-19,22-24,41-42H,20-21H2. The van der Waals surface area contributed by atoms with Gasteiger partial charge in [0.25, 0.3) is 0 Å². The quantitative estimate of drug-likeness (QED) is 0.214. The van der Waals surface area contributed by atoms with Crippen LogP contribution in [0.4, 0.5) is 0 Å². The van der Waals surface area contributed by atoms with E-state index in [1.807, 2.05) is 23.1 Å². The summed E-state index contributed by atoms with van der Waals surface area (Å²) in [5.74, 6) is 0. The fourth-order valence-electron chi connectivity index (χ4n) is 7.36. The lowest BCUT2D eigenvalue weighted by Gasteiger charge is -2.16. The lowest BCUT2D eigenvalue weighted by Crippen LogP contribution is -2.14. The molecule has 2 aromatic heterocycles. The Morgan fingerprint density at radius 2 is 1.38 bits per heavy atom. The van der Waals surface area contributed by atoms with Crippen LogP contribution in [0.3, 0.4) is 0 Å². The molecule has 214 valence electrons. The van der Waals surface area contributed by atoms with Crippen LogP contribution in [0.25, 0.3) is 65.2 Å². The molecule has 1 N–H and O–H groups in total. The maximum atomic E-state index is 3.98. The topological polar surface area (TPSA) is 17.0 Å². The van der Waals surface area contributed by atoms with Crippen molar-refractivity contribution in [2.45, 2.75) is 18.2 Å². The number of benzene rings is 6. The van der Waals surface area contributed by atoms with Crippen molar-refractivity contribution >= 4 is 71.5 Å². The van der Waals surface area contributed by atoms with Gasteiger partial charge in [0.15, 0.2) is 0 Å². The molecule has 0 radical (unpaired) electrons. The number of para-hydroxylation sites is 1. The highest BCUT2D eigenvalue weighted by Gasteiger charge is 2.32. The van der Waals surface area contributed by atoms with Crippen LogP contribution in [0.15, 0.2) is 138 Å². The van der Waals surface area contributed by atoms with E-state index in [1.54, 1.807) is 0 Å². The van der Waals surface area contributed by atoms with Gasteiger partial charge in [-0.05, 0) is 82.8 Å². The molecule has 4 heteroatoms. The number of fused-ring (bicyclic) bond motifs is 8. The highest BCUT2D eigenvalue weighted by atomic mass is 32.2. The second-order valence-electron chi connectivity index (χ2n) is 12.1. The Labute approximate surface area is 269 Å². The summed E-state index contributed by atoms with van der Waals surface area (Å²) in [7, 11) is 0. The van der Waals surface area contributed by atoms with Gasteiger partial charge in [-0.3, -0.25) is 0 Å². The number of aryl methyl sites for hydroxylation is 1. The minimum Gasteiger partial charge on any atom is -0.368 e. The van der Waals surface area contributed by atoms with Gasteiger partial charge >= 0.3 is 0 Å². The number of hydrogen-bond acceptors (Lipinski definition) is 3. The number of rotatable bonds is 3. The van der Waals surface area contributed by atoms with Crippen LogP contribution in [0.5, 0.6) is 0 Å². The Morgan fingerprint density at radius 3 is 2.24 bits per heavy atom. The fourth-order valence-corrected chi connectivity index (χ4v) is 9.80. The zero-order valence-electron chi connectivity index (χ0n) is 24.5. The minimum absolute atomic E-state index is 0.212. The van der Waals surface area contributed by atoms with Crippen molar-refractivity contribution in [3.05, 3.63) is 154 Å². The maximum absolute atomic E-state index is 3.98. The van der Waals surface area contributed by atoms with E-state index in [-0.39, 0.29) is 5.37 Å². The molecule has 3 heterocycles. The number of hydrogen-bond donors (Lipinski definition) is 1. The first-order chi connectivity index (χ1) is 22.3. The summed E-state index contributed by atoms with van der Waals surface area (Å²) in [5, 5.41) is 10.7. The largest absolute Gasteiger partial charge is 0.368 e. The highest BCUT2D eigenvalue weighted by Crippen LogP contribution is 2.52. The second kappa shape index (κ2) is 9.87. The molecule has 6 aromatic carbocycles. The van der Waals surface area contributed by atoms with Crippen LogP contribution in [-0.4, -0.2) is 4.57 Å². The van der Waals surface area contributed by atoms with Gasteiger partial charge in [-0.1, -0.05) is 103 Å². The third-order valence-corrected chi connectivity index (χ3v) is 12.1. The lowest BCUT2D eigenvalue weighted by molar-refractivity contribution is 0.869. The first-order valence-electron chi connectivity index (χ1n) is 15.6. The van der Waals surface area contributed by atoms with E-state index in [0.717, 1.165) is 12.8 Å². The van der Waals surface area contributed by atoms with Gasteiger partial charge in [0.05, 0.1) is 16.7 Å². The minimum atomic E-state index is 0.212. The highest BCUT2D eigenvalue weighted by molar-refractivity contribution is 8.03. The predicted molar refractivity (Wildman–Crippen MR) is 194 cm³/mol. The van der Waals surface area contributed by atoms with Gasteiger partial charge in [-0.25, -0.2) is 0 Å². The monoisotopic (exact) mass is 612 g/mol. The normalized spacial score (nSPS) is 16.0. The predicted octanol–water partition coefficient (Wildman–Crippen LogP) is 11.5. The summed E-state index contributed by atoms with van der Waals surface area (Å²) < 4.78 is 3.81. The molecule has 0 spiro atoms. The molecule has 0 bridgehead atoms. The van der Waals surface area contributed by atoms with Crippen molar-refractivity contribution in [2.75, 3.05) is 0 Å². The zero-order chi connectivity index (χ0) is 29.5. The van der Waals surface area contributed by atoms with E-state index in [4.69, 9.17) is 0 Å². The van der Waals surface area contributed by atoms with Crippen molar-refractivity contribution < 1.29 is 0 Å². The smallest absolute Gasteiger partial charge is 0.102 e. The number of thiophene rings is 1. The number of allylic oxidation sites excluding steroid dienone is 1. The van der Waals surface area contributed by atoms with E-state index >= 15 is 0 Å². The lowest BCUT2D eigenvalue weighted by atomic mass is 9.96. The summed E-state index contributed by atoms with van der Waals surface area (Å²) in [6.45, 7) is 0. The molecule has 1 unspecified atom stereocenters. The second-order valence-corrected chi connectivity index (χ2v) is 14.4. The molecule has 0 saturated heterocycles. The number of thioether (sulfide) groups is 1. The van der Waals surface area contributed by atoms with Crippen LogP contribution in [-0.2, 0) is 6.42 Å². The molecule has 2 aliphatic rings. The Kier molecular flexibility index (Phi) is 5.60. The molecule has 0 saturated carbocycles. The van der Waals surface area contributed by atoms with Crippen molar-refractivity contribution in [1.82, 2.24) is 9.88 Å². The fraction of sp³-hybridized carbons (Fsp3) is 0.0732. The number of nitrogens with one attached hydrogen (secondary N) is 1. The molecule has 10 rings (SSSR count). The SMILES string of the molecule is c1ccc(-c2ccc3sc4c(c3c2)C2=C(CC4)SC(c3ccc(-n4c5ccccc5c5cc6ccccc6cc54)cc3)N2)cc1. The van der Waals surface area contributed by atoms with Gasteiger partial charge in [-0.15, -0.1) is 11.3 Å². The summed E-state index contributed by atoms with van der Waals surface area (Å²) in [6.07, 6.45) is 2.24. The summed E-state index contributed by atoms with van der Waals surface area (Å²) in [6, 6.07) is 49.1. The maximum Gasteiger partial charge on any atom is 0.102 e. The van der Waals surface area contributed by atoms with Crippen LogP contribution in [0.1, 0.15) is 27.8 Å². The Hall–Kier alpha value is -4.77. The number of nitrogens with zero attached hydrogens (tertiary/aromatic N) is 1. The van der Waals surface area contributed by atoms with Gasteiger partial charge in [0.2, 0.25) is 0 Å². The van der Waals surface area contributed by atoms with Crippen LogP contribution >= 0.6 is 23.1 Å². The molecule has 1 atom stereocenters. The summed E-state index contributed by atoms with van der Waals surface area (Å²) >= 11 is 3.97. The van der Waals surface area contributed by atoms with E-state index in [1.165, 1.54) is 86.1 Å². The molecule has 45 heavy (non-hydrogen) atoms. The molecule has 8 aromatic rings. The third kappa shape index (κ3) is 3.96. The average molecular weight is 613 g/mol. The first-order valence-corrected chi connectivity index (χ1v) is 17.3. The van der Waals surface area contributed by atoms with E-state index < -0.39 is 0 Å². The van der Waals surface area contributed by atoms with E-state index in [9.17, 15) is 0 Å². The zero-order valence-corrected chi connectivity index (χ0v) is 26.1. The summed E-state index contributed by atoms with van der Waals surface area (Å²) in [4.78, 5) is 3.01. The molecule has 1 aliphatic carbocycles.